The van der Waals surface area contributed by atoms with E-state index in [1.807, 2.05) is 91.0 Å². The molecule has 276 valence electrons. The van der Waals surface area contributed by atoms with Crippen molar-refractivity contribution >= 4 is 17.9 Å². The molecule has 55 heavy (non-hydrogen) atoms. The highest BCUT2D eigenvalue weighted by Crippen LogP contribution is 2.41. The van der Waals surface area contributed by atoms with E-state index in [2.05, 4.69) is 0 Å². The van der Waals surface area contributed by atoms with Crippen LogP contribution in [0.2, 0.25) is 0 Å². The maximum atomic E-state index is 13.6. The molecule has 9 heteroatoms. The number of aliphatic hydroxyl groups is 1. The molecule has 6 aromatic rings. The zero-order valence-electron chi connectivity index (χ0n) is 29.6. The summed E-state index contributed by atoms with van der Waals surface area (Å²) in [6, 6.07) is 53.5. The fourth-order valence-electron chi connectivity index (χ4n) is 6.64. The third kappa shape index (κ3) is 8.24. The van der Waals surface area contributed by atoms with E-state index in [1.54, 1.807) is 91.0 Å². The maximum Gasteiger partial charge on any atom is 0.340 e. The topological polar surface area (TPSA) is 118 Å². The minimum Gasteiger partial charge on any atom is -0.452 e. The first kappa shape index (κ1) is 36.9. The van der Waals surface area contributed by atoms with Gasteiger partial charge in [0.05, 0.1) is 23.3 Å². The molecule has 1 fully saturated rings. The van der Waals surface area contributed by atoms with Crippen molar-refractivity contribution in [3.05, 3.63) is 215 Å². The Morgan fingerprint density at radius 2 is 0.800 bits per heavy atom. The lowest BCUT2D eigenvalue weighted by Crippen LogP contribution is -2.62. The summed E-state index contributed by atoms with van der Waals surface area (Å²) >= 11 is 0. The highest BCUT2D eigenvalue weighted by Gasteiger charge is 2.53. The number of carbonyl (C=O) groups excluding carboxylic acids is 3. The third-order valence-electron chi connectivity index (χ3n) is 9.36. The van der Waals surface area contributed by atoms with E-state index in [0.29, 0.717) is 0 Å². The molecular formula is C46H38O9. The summed E-state index contributed by atoms with van der Waals surface area (Å²) in [4.78, 5) is 40.8. The van der Waals surface area contributed by atoms with Gasteiger partial charge in [-0.15, -0.1) is 0 Å². The van der Waals surface area contributed by atoms with Crippen LogP contribution in [0.5, 0.6) is 0 Å². The van der Waals surface area contributed by atoms with E-state index in [0.717, 1.165) is 16.7 Å². The average Bonchev–Trinajstić information content (AvgIpc) is 3.25. The van der Waals surface area contributed by atoms with Crippen LogP contribution in [0.1, 0.15) is 47.8 Å². The van der Waals surface area contributed by atoms with Crippen LogP contribution in [0, 0.1) is 0 Å². The van der Waals surface area contributed by atoms with Crippen LogP contribution >= 0.6 is 0 Å². The van der Waals surface area contributed by atoms with Crippen LogP contribution in [0.25, 0.3) is 0 Å². The zero-order chi connectivity index (χ0) is 38.0. The summed E-state index contributed by atoms with van der Waals surface area (Å²) in [6.07, 6.45) is -7.72. The van der Waals surface area contributed by atoms with Gasteiger partial charge in [-0.3, -0.25) is 0 Å². The SMILES string of the molecule is O=C(O[C@@H]1O[C@H](COC(c2ccccc2)(c2ccccc2)c2ccccc2)[C@@H](O)[C@H](OC(=O)c2ccccc2)[C@H]1OC(=O)c1ccccc1)c1ccccc1. The molecule has 0 bridgehead atoms. The predicted molar refractivity (Wildman–Crippen MR) is 203 cm³/mol. The highest BCUT2D eigenvalue weighted by atomic mass is 16.7. The number of aliphatic hydroxyl groups excluding tert-OH is 1. The van der Waals surface area contributed by atoms with Gasteiger partial charge in [0.25, 0.3) is 0 Å². The van der Waals surface area contributed by atoms with E-state index >= 15 is 0 Å². The molecule has 7 rings (SSSR count). The average molecular weight is 735 g/mol. The second-order valence-corrected chi connectivity index (χ2v) is 12.9. The molecular weight excluding hydrogens is 696 g/mol. The molecule has 0 unspecified atom stereocenters. The molecule has 0 amide bonds. The quantitative estimate of drug-likeness (QED) is 0.0781. The molecule has 6 aromatic carbocycles. The van der Waals surface area contributed by atoms with Gasteiger partial charge >= 0.3 is 17.9 Å². The van der Waals surface area contributed by atoms with Crippen molar-refractivity contribution in [3.8, 4) is 0 Å². The van der Waals surface area contributed by atoms with Crippen molar-refractivity contribution in [3.63, 3.8) is 0 Å². The first-order valence-electron chi connectivity index (χ1n) is 17.9. The van der Waals surface area contributed by atoms with Gasteiger partial charge in [-0.25, -0.2) is 14.4 Å². The number of hydrogen-bond donors (Lipinski definition) is 1. The van der Waals surface area contributed by atoms with Gasteiger partial charge in [0.15, 0.2) is 6.10 Å². The second-order valence-electron chi connectivity index (χ2n) is 12.9. The van der Waals surface area contributed by atoms with Gasteiger partial charge in [-0.2, -0.15) is 0 Å². The lowest BCUT2D eigenvalue weighted by atomic mass is 9.80. The minimum absolute atomic E-state index is 0.182. The van der Waals surface area contributed by atoms with Gasteiger partial charge < -0.3 is 28.8 Å². The van der Waals surface area contributed by atoms with Crippen molar-refractivity contribution < 1.29 is 43.2 Å². The van der Waals surface area contributed by atoms with Crippen LogP contribution in [-0.4, -0.2) is 60.3 Å². The molecule has 0 radical (unpaired) electrons. The molecule has 1 N–H and O–H groups in total. The van der Waals surface area contributed by atoms with Crippen LogP contribution in [0.3, 0.4) is 0 Å². The first-order chi connectivity index (χ1) is 26.9. The summed E-state index contributed by atoms with van der Waals surface area (Å²) in [5, 5.41) is 12.1. The zero-order valence-corrected chi connectivity index (χ0v) is 29.6. The Labute approximate surface area is 318 Å². The maximum absolute atomic E-state index is 13.6. The van der Waals surface area contributed by atoms with Crippen molar-refractivity contribution in [2.45, 2.75) is 36.3 Å². The fraction of sp³-hybridized carbons (Fsp3) is 0.152. The summed E-state index contributed by atoms with van der Waals surface area (Å²) in [5.41, 5.74) is 1.76. The molecule has 1 saturated heterocycles. The second kappa shape index (κ2) is 17.2. The first-order valence-corrected chi connectivity index (χ1v) is 17.9. The van der Waals surface area contributed by atoms with E-state index < -0.39 is 54.2 Å². The summed E-state index contributed by atoms with van der Waals surface area (Å²) < 4.78 is 31.2. The van der Waals surface area contributed by atoms with Crippen molar-refractivity contribution in [2.75, 3.05) is 6.61 Å². The molecule has 1 aliphatic rings. The van der Waals surface area contributed by atoms with Gasteiger partial charge in [0.2, 0.25) is 12.4 Å². The standard InChI is InChI=1S/C46H38O9/c47-39-38(31-51-46(35-25-13-4-14-26-35,36-27-15-5-16-28-36)37-29-17-6-18-30-37)52-45(55-44(50)34-23-11-3-12-24-34)41(54-43(49)33-21-9-2-10-22-33)40(39)53-42(48)32-19-7-1-8-20-32/h1-30,38-41,45,47H,31H2/t38-,39-,40+,41-,45+/m1/s1. The van der Waals surface area contributed by atoms with Gasteiger partial charge in [0, 0.05) is 0 Å². The van der Waals surface area contributed by atoms with Crippen LogP contribution in [0.15, 0.2) is 182 Å². The number of esters is 3. The molecule has 1 heterocycles. The van der Waals surface area contributed by atoms with E-state index in [1.165, 1.54) is 0 Å². The number of carbonyl (C=O) groups is 3. The van der Waals surface area contributed by atoms with E-state index in [4.69, 9.17) is 23.7 Å². The van der Waals surface area contributed by atoms with Crippen LogP contribution < -0.4 is 0 Å². The monoisotopic (exact) mass is 734 g/mol. The molecule has 0 aromatic heterocycles. The predicted octanol–water partition coefficient (Wildman–Crippen LogP) is 7.39. The Kier molecular flexibility index (Phi) is 11.5. The lowest BCUT2D eigenvalue weighted by Gasteiger charge is -2.44. The molecule has 0 aliphatic carbocycles. The summed E-state index contributed by atoms with van der Waals surface area (Å²) in [5.74, 6) is -2.40. The number of ether oxygens (including phenoxy) is 5. The Morgan fingerprint density at radius 1 is 0.473 bits per heavy atom. The molecule has 1 aliphatic heterocycles. The number of benzene rings is 6. The number of rotatable bonds is 12. The normalized spacial score (nSPS) is 19.5. The Balaban J connectivity index is 1.29. The Morgan fingerprint density at radius 3 is 1.18 bits per heavy atom. The lowest BCUT2D eigenvalue weighted by molar-refractivity contribution is -0.288. The fourth-order valence-corrected chi connectivity index (χ4v) is 6.64. The van der Waals surface area contributed by atoms with Crippen molar-refractivity contribution in [1.29, 1.82) is 0 Å². The molecule has 9 nitrogen and oxygen atoms in total. The molecule has 0 saturated carbocycles. The van der Waals surface area contributed by atoms with Crippen LogP contribution in [-0.2, 0) is 29.3 Å². The Bertz CT molecular complexity index is 2050. The van der Waals surface area contributed by atoms with Crippen molar-refractivity contribution in [1.82, 2.24) is 0 Å². The largest absolute Gasteiger partial charge is 0.452 e. The van der Waals surface area contributed by atoms with E-state index in [9.17, 15) is 19.5 Å². The van der Waals surface area contributed by atoms with Gasteiger partial charge in [-0.1, -0.05) is 146 Å². The third-order valence-corrected chi connectivity index (χ3v) is 9.36. The smallest absolute Gasteiger partial charge is 0.340 e. The van der Waals surface area contributed by atoms with Gasteiger partial charge in [-0.05, 0) is 53.1 Å². The Hall–Kier alpha value is -6.39. The summed E-state index contributed by atoms with van der Waals surface area (Å²) in [7, 11) is 0. The van der Waals surface area contributed by atoms with Crippen molar-refractivity contribution in [2.24, 2.45) is 0 Å². The summed E-state index contributed by atoms with van der Waals surface area (Å²) in [6.45, 7) is -0.294. The molecule has 0 spiro atoms. The highest BCUT2D eigenvalue weighted by molar-refractivity contribution is 5.91. The molecule has 5 atom stereocenters. The minimum atomic E-state index is -1.65. The van der Waals surface area contributed by atoms with E-state index in [-0.39, 0.29) is 23.3 Å². The van der Waals surface area contributed by atoms with Gasteiger partial charge in [0.1, 0.15) is 17.8 Å². The van der Waals surface area contributed by atoms with Crippen LogP contribution in [0.4, 0.5) is 0 Å². The number of hydrogen-bond acceptors (Lipinski definition) is 9.